The van der Waals surface area contributed by atoms with Crippen LogP contribution in [0.4, 0.5) is 10.5 Å². The van der Waals surface area contributed by atoms with Crippen LogP contribution in [0, 0.1) is 17.0 Å². The molecule has 1 fully saturated rings. The fourth-order valence-electron chi connectivity index (χ4n) is 3.23. The number of amides is 2. The summed E-state index contributed by atoms with van der Waals surface area (Å²) in [6.45, 7) is 1.60. The summed E-state index contributed by atoms with van der Waals surface area (Å²) >= 11 is 1.98. The smallest absolute Gasteiger partial charge is 0.292 e. The van der Waals surface area contributed by atoms with Crippen LogP contribution >= 0.6 is 23.5 Å². The van der Waals surface area contributed by atoms with Crippen LogP contribution in [0.15, 0.2) is 87.5 Å². The van der Waals surface area contributed by atoms with Gasteiger partial charge in [0.1, 0.15) is 0 Å². The monoisotopic (exact) mass is 490 g/mol. The minimum atomic E-state index is -0.597. The molecule has 0 N–H and O–H groups in total. The summed E-state index contributed by atoms with van der Waals surface area (Å²) < 4.78 is 0. The van der Waals surface area contributed by atoms with Gasteiger partial charge in [-0.25, -0.2) is 0 Å². The highest BCUT2D eigenvalue weighted by Gasteiger charge is 2.36. The first-order valence-electron chi connectivity index (χ1n) is 10.2. The molecular formula is C25H18N2O5S2. The van der Waals surface area contributed by atoms with Gasteiger partial charge in [-0.05, 0) is 48.5 Å². The van der Waals surface area contributed by atoms with E-state index in [2.05, 4.69) is 0 Å². The van der Waals surface area contributed by atoms with E-state index in [1.54, 1.807) is 42.5 Å². The Morgan fingerprint density at radius 2 is 1.76 bits per heavy atom. The Labute approximate surface area is 204 Å². The number of imide groups is 1. The summed E-state index contributed by atoms with van der Waals surface area (Å²) in [6, 6.07) is 20.7. The van der Waals surface area contributed by atoms with Gasteiger partial charge in [-0.2, -0.15) is 0 Å². The number of aryl methyl sites for hydroxylation is 1. The van der Waals surface area contributed by atoms with Crippen LogP contribution in [0.25, 0.3) is 6.08 Å². The maximum absolute atomic E-state index is 12.8. The second-order valence-corrected chi connectivity index (χ2v) is 9.56. The number of thioether (sulfide) groups is 1. The van der Waals surface area contributed by atoms with Crippen molar-refractivity contribution in [1.29, 1.82) is 0 Å². The molecule has 3 aromatic rings. The van der Waals surface area contributed by atoms with Crippen molar-refractivity contribution in [1.82, 2.24) is 4.90 Å². The van der Waals surface area contributed by atoms with Crippen molar-refractivity contribution in [3.05, 3.63) is 105 Å². The van der Waals surface area contributed by atoms with E-state index in [1.165, 1.54) is 23.9 Å². The van der Waals surface area contributed by atoms with Crippen molar-refractivity contribution in [3.63, 3.8) is 0 Å². The van der Waals surface area contributed by atoms with Gasteiger partial charge in [0.25, 0.3) is 16.8 Å². The van der Waals surface area contributed by atoms with E-state index in [9.17, 15) is 24.5 Å². The Morgan fingerprint density at radius 3 is 2.44 bits per heavy atom. The predicted octanol–water partition coefficient (Wildman–Crippen LogP) is 5.97. The summed E-state index contributed by atoms with van der Waals surface area (Å²) in [5.41, 5.74) is 1.81. The summed E-state index contributed by atoms with van der Waals surface area (Å²) in [7, 11) is 0. The van der Waals surface area contributed by atoms with E-state index in [1.807, 2.05) is 31.2 Å². The number of nitro benzene ring substituents is 1. The summed E-state index contributed by atoms with van der Waals surface area (Å²) in [4.78, 5) is 51.1. The molecule has 0 bridgehead atoms. The van der Waals surface area contributed by atoms with Crippen LogP contribution < -0.4 is 0 Å². The molecule has 1 heterocycles. The van der Waals surface area contributed by atoms with Gasteiger partial charge < -0.3 is 0 Å². The molecule has 0 aromatic heterocycles. The molecule has 0 aliphatic carbocycles. The van der Waals surface area contributed by atoms with Gasteiger partial charge in [0.15, 0.2) is 5.78 Å². The molecule has 7 nitrogen and oxygen atoms in total. The molecule has 3 aromatic carbocycles. The van der Waals surface area contributed by atoms with Crippen LogP contribution in [0.2, 0.25) is 0 Å². The van der Waals surface area contributed by atoms with Crippen molar-refractivity contribution in [2.24, 2.45) is 0 Å². The zero-order chi connectivity index (χ0) is 24.2. The average molecular weight is 491 g/mol. The molecule has 34 heavy (non-hydrogen) atoms. The molecule has 9 heteroatoms. The second kappa shape index (κ2) is 10.1. The highest BCUT2D eigenvalue weighted by molar-refractivity contribution is 8.18. The first kappa shape index (κ1) is 23.5. The number of hydrogen-bond acceptors (Lipinski definition) is 7. The van der Waals surface area contributed by atoms with E-state index >= 15 is 0 Å². The van der Waals surface area contributed by atoms with Gasteiger partial charge in [0.05, 0.1) is 21.3 Å². The number of nitro groups is 1. The minimum absolute atomic E-state index is 0.0993. The lowest BCUT2D eigenvalue weighted by molar-refractivity contribution is -0.387. The number of hydrogen-bond donors (Lipinski definition) is 0. The van der Waals surface area contributed by atoms with Crippen LogP contribution in [0.5, 0.6) is 0 Å². The molecular weight excluding hydrogens is 472 g/mol. The molecule has 4 rings (SSSR count). The van der Waals surface area contributed by atoms with Gasteiger partial charge >= 0.3 is 0 Å². The molecule has 0 unspecified atom stereocenters. The normalized spacial score (nSPS) is 14.6. The molecule has 0 atom stereocenters. The molecule has 0 spiro atoms. The summed E-state index contributed by atoms with van der Waals surface area (Å²) in [6.07, 6.45) is 1.44. The Hall–Kier alpha value is -3.69. The van der Waals surface area contributed by atoms with E-state index in [4.69, 9.17) is 0 Å². The fourth-order valence-corrected chi connectivity index (χ4v) is 4.97. The van der Waals surface area contributed by atoms with Crippen LogP contribution in [0.1, 0.15) is 21.5 Å². The third-order valence-electron chi connectivity index (χ3n) is 5.00. The van der Waals surface area contributed by atoms with Crippen molar-refractivity contribution in [3.8, 4) is 0 Å². The zero-order valence-corrected chi connectivity index (χ0v) is 19.6. The second-order valence-electron chi connectivity index (χ2n) is 7.46. The molecule has 170 valence electrons. The number of Topliss-reactive ketones (excluding diaryl/α,β-unsaturated/α-hetero) is 1. The number of nitrogens with zero attached hydrogens (tertiary/aromatic N) is 2. The van der Waals surface area contributed by atoms with Gasteiger partial charge in [-0.1, -0.05) is 65.9 Å². The van der Waals surface area contributed by atoms with Gasteiger partial charge in [-0.15, -0.1) is 0 Å². The maximum atomic E-state index is 12.8. The molecule has 2 amide bonds. The largest absolute Gasteiger partial charge is 0.293 e. The van der Waals surface area contributed by atoms with Crippen molar-refractivity contribution < 1.29 is 19.3 Å². The maximum Gasteiger partial charge on any atom is 0.293 e. The average Bonchev–Trinajstić information content (AvgIpc) is 3.09. The molecule has 1 aliphatic rings. The standard InChI is InChI=1S/C25H18N2O5S2/c1-16-7-10-19(11-8-16)33-22-12-9-17(13-20(22)27(31)32)14-23-24(29)26(25(30)34-23)15-21(28)18-5-3-2-4-6-18/h2-14H,15H2,1H3/b23-14-. The van der Waals surface area contributed by atoms with Crippen molar-refractivity contribution in [2.45, 2.75) is 16.7 Å². The van der Waals surface area contributed by atoms with Crippen molar-refractivity contribution in [2.75, 3.05) is 6.54 Å². The molecule has 1 saturated heterocycles. The SMILES string of the molecule is Cc1ccc(Sc2ccc(/C=C3\SC(=O)N(CC(=O)c4ccccc4)C3=O)cc2[N+](=O)[O-])cc1. The lowest BCUT2D eigenvalue weighted by atomic mass is 10.1. The quantitative estimate of drug-likeness (QED) is 0.174. The Bertz CT molecular complexity index is 1320. The van der Waals surface area contributed by atoms with Crippen LogP contribution in [-0.2, 0) is 4.79 Å². The first-order valence-corrected chi connectivity index (χ1v) is 11.8. The van der Waals surface area contributed by atoms with E-state index < -0.39 is 16.1 Å². The Morgan fingerprint density at radius 1 is 1.06 bits per heavy atom. The highest BCUT2D eigenvalue weighted by atomic mass is 32.2. The van der Waals surface area contributed by atoms with E-state index in [0.717, 1.165) is 15.4 Å². The number of carbonyl (C=O) groups is 3. The molecule has 0 radical (unpaired) electrons. The highest BCUT2D eigenvalue weighted by Crippen LogP contribution is 2.37. The lowest BCUT2D eigenvalue weighted by Crippen LogP contribution is -2.33. The fraction of sp³-hybridized carbons (Fsp3) is 0.0800. The third kappa shape index (κ3) is 5.27. The van der Waals surface area contributed by atoms with Gasteiger partial charge in [-0.3, -0.25) is 29.4 Å². The molecule has 1 aliphatic heterocycles. The van der Waals surface area contributed by atoms with Crippen molar-refractivity contribution >= 4 is 52.2 Å². The number of carbonyl (C=O) groups excluding carboxylic acids is 3. The Balaban J connectivity index is 1.55. The minimum Gasteiger partial charge on any atom is -0.292 e. The zero-order valence-electron chi connectivity index (χ0n) is 18.0. The van der Waals surface area contributed by atoms with E-state index in [-0.39, 0.29) is 22.9 Å². The first-order chi connectivity index (χ1) is 16.3. The lowest BCUT2D eigenvalue weighted by Gasteiger charge is -2.11. The number of benzene rings is 3. The topological polar surface area (TPSA) is 97.6 Å². The number of rotatable bonds is 7. The summed E-state index contributed by atoms with van der Waals surface area (Å²) in [5.74, 6) is -0.947. The van der Waals surface area contributed by atoms with Gasteiger partial charge in [0, 0.05) is 16.5 Å². The van der Waals surface area contributed by atoms with Crippen LogP contribution in [0.3, 0.4) is 0 Å². The summed E-state index contributed by atoms with van der Waals surface area (Å²) in [5, 5.41) is 11.1. The Kier molecular flexibility index (Phi) is 6.95. The third-order valence-corrected chi connectivity index (χ3v) is 6.98. The predicted molar refractivity (Wildman–Crippen MR) is 132 cm³/mol. The van der Waals surface area contributed by atoms with Crippen LogP contribution in [-0.4, -0.2) is 33.3 Å². The molecule has 0 saturated carbocycles. The number of ketones is 1. The van der Waals surface area contributed by atoms with Gasteiger partial charge in [0.2, 0.25) is 0 Å². The van der Waals surface area contributed by atoms with E-state index in [0.29, 0.717) is 27.8 Å².